The molecule has 2 aliphatic heterocycles. The van der Waals surface area contributed by atoms with Crippen LogP contribution < -0.4 is 14.4 Å². The zero-order chi connectivity index (χ0) is 20.0. The fourth-order valence-corrected chi connectivity index (χ4v) is 5.00. The van der Waals surface area contributed by atoms with E-state index in [-0.39, 0.29) is 24.5 Å². The summed E-state index contributed by atoms with van der Waals surface area (Å²) in [6.07, 6.45) is 5.68. The molecule has 0 aromatic heterocycles. The fourth-order valence-electron chi connectivity index (χ4n) is 5.00. The van der Waals surface area contributed by atoms with Gasteiger partial charge in [-0.05, 0) is 54.3 Å². The summed E-state index contributed by atoms with van der Waals surface area (Å²) in [5.41, 5.74) is 2.94. The highest BCUT2D eigenvalue weighted by atomic mass is 16.7. The van der Waals surface area contributed by atoms with Crippen LogP contribution in [-0.2, 0) is 16.6 Å². The molecule has 1 amide bonds. The number of nitrogens with zero attached hydrogens (tertiary/aromatic N) is 1. The first-order valence-electron chi connectivity index (χ1n) is 10.1. The second-order valence-electron chi connectivity index (χ2n) is 8.22. The second kappa shape index (κ2) is 6.79. The van der Waals surface area contributed by atoms with Crippen LogP contribution in [0.4, 0.5) is 5.69 Å². The highest BCUT2D eigenvalue weighted by Crippen LogP contribution is 2.49. The molecule has 1 spiro atoms. The third-order valence-electron chi connectivity index (χ3n) is 6.47. The average molecular weight is 393 g/mol. The van der Waals surface area contributed by atoms with Crippen molar-refractivity contribution >= 4 is 17.6 Å². The SMILES string of the molecule is O=C(O)c1ccc2c(c1)C1(CCCCC1)CN2C(=O)Cc1ccc2c(c1)OCO2. The molecule has 2 heterocycles. The third kappa shape index (κ3) is 3.03. The molecule has 5 rings (SSSR count). The van der Waals surface area contributed by atoms with Crippen molar-refractivity contribution in [3.8, 4) is 11.5 Å². The van der Waals surface area contributed by atoms with Crippen molar-refractivity contribution in [1.82, 2.24) is 0 Å². The van der Waals surface area contributed by atoms with Crippen molar-refractivity contribution in [3.63, 3.8) is 0 Å². The van der Waals surface area contributed by atoms with Gasteiger partial charge in [0.1, 0.15) is 0 Å². The van der Waals surface area contributed by atoms with Gasteiger partial charge in [0.15, 0.2) is 11.5 Å². The quantitative estimate of drug-likeness (QED) is 0.856. The van der Waals surface area contributed by atoms with Crippen LogP contribution in [-0.4, -0.2) is 30.3 Å². The molecule has 150 valence electrons. The number of hydrogen-bond donors (Lipinski definition) is 1. The van der Waals surface area contributed by atoms with Gasteiger partial charge < -0.3 is 19.5 Å². The van der Waals surface area contributed by atoms with E-state index in [0.29, 0.717) is 23.6 Å². The zero-order valence-electron chi connectivity index (χ0n) is 16.1. The monoisotopic (exact) mass is 393 g/mol. The molecular formula is C23H23NO5. The summed E-state index contributed by atoms with van der Waals surface area (Å²) in [5.74, 6) is 0.474. The Kier molecular flexibility index (Phi) is 4.23. The Balaban J connectivity index is 1.46. The smallest absolute Gasteiger partial charge is 0.335 e. The molecule has 1 aliphatic carbocycles. The standard InChI is InChI=1S/C23H23NO5/c25-21(11-15-4-7-19-20(10-15)29-14-28-19)24-13-23(8-2-1-3-9-23)17-12-16(22(26)27)5-6-18(17)24/h4-7,10,12H,1-3,8-9,11,13-14H2,(H,26,27). The van der Waals surface area contributed by atoms with Gasteiger partial charge in [0, 0.05) is 17.6 Å². The first kappa shape index (κ1) is 18.0. The average Bonchev–Trinajstić information content (AvgIpc) is 3.31. The number of ether oxygens (including phenoxy) is 2. The lowest BCUT2D eigenvalue weighted by atomic mass is 9.70. The van der Waals surface area contributed by atoms with Gasteiger partial charge in [0.2, 0.25) is 12.7 Å². The topological polar surface area (TPSA) is 76.1 Å². The summed E-state index contributed by atoms with van der Waals surface area (Å²) in [7, 11) is 0. The number of hydrogen-bond acceptors (Lipinski definition) is 4. The number of carboxylic acids is 1. The van der Waals surface area contributed by atoms with E-state index in [2.05, 4.69) is 0 Å². The van der Waals surface area contributed by atoms with E-state index in [4.69, 9.17) is 9.47 Å². The molecule has 0 saturated heterocycles. The van der Waals surface area contributed by atoms with Crippen LogP contribution in [0, 0.1) is 0 Å². The Morgan fingerprint density at radius 3 is 2.59 bits per heavy atom. The lowest BCUT2D eigenvalue weighted by Gasteiger charge is -2.34. The molecule has 6 nitrogen and oxygen atoms in total. The molecule has 0 radical (unpaired) electrons. The highest BCUT2D eigenvalue weighted by molar-refractivity contribution is 5.99. The summed E-state index contributed by atoms with van der Waals surface area (Å²) in [5, 5.41) is 9.45. The van der Waals surface area contributed by atoms with Gasteiger partial charge in [-0.25, -0.2) is 4.79 Å². The minimum absolute atomic E-state index is 0.0237. The fraction of sp³-hybridized carbons (Fsp3) is 0.391. The van der Waals surface area contributed by atoms with Crippen LogP contribution >= 0.6 is 0 Å². The highest BCUT2D eigenvalue weighted by Gasteiger charge is 2.45. The van der Waals surface area contributed by atoms with Gasteiger partial charge in [-0.1, -0.05) is 25.3 Å². The van der Waals surface area contributed by atoms with Crippen LogP contribution in [0.3, 0.4) is 0 Å². The van der Waals surface area contributed by atoms with E-state index in [0.717, 1.165) is 42.5 Å². The minimum atomic E-state index is -0.927. The molecule has 2 aromatic carbocycles. The summed E-state index contributed by atoms with van der Waals surface area (Å²) in [4.78, 5) is 26.6. The summed E-state index contributed by atoms with van der Waals surface area (Å²) >= 11 is 0. The Morgan fingerprint density at radius 2 is 1.79 bits per heavy atom. The molecule has 0 bridgehead atoms. The van der Waals surface area contributed by atoms with E-state index in [1.807, 2.05) is 23.1 Å². The largest absolute Gasteiger partial charge is 0.478 e. The molecular weight excluding hydrogens is 370 g/mol. The lowest BCUT2D eigenvalue weighted by molar-refractivity contribution is -0.118. The molecule has 29 heavy (non-hydrogen) atoms. The van der Waals surface area contributed by atoms with Crippen molar-refractivity contribution < 1.29 is 24.2 Å². The molecule has 0 unspecified atom stereocenters. The Bertz CT molecular complexity index is 993. The zero-order valence-corrected chi connectivity index (χ0v) is 16.1. The molecule has 1 fully saturated rings. The summed E-state index contributed by atoms with van der Waals surface area (Å²) in [6, 6.07) is 10.8. The van der Waals surface area contributed by atoms with E-state index < -0.39 is 5.97 Å². The first-order chi connectivity index (χ1) is 14.1. The van der Waals surface area contributed by atoms with E-state index in [1.54, 1.807) is 18.2 Å². The van der Waals surface area contributed by atoms with Gasteiger partial charge in [-0.2, -0.15) is 0 Å². The Hall–Kier alpha value is -3.02. The number of carboxylic acid groups (broad SMARTS) is 1. The molecule has 1 N–H and O–H groups in total. The maximum absolute atomic E-state index is 13.3. The Labute approximate surface area is 169 Å². The van der Waals surface area contributed by atoms with Crippen molar-refractivity contribution in [3.05, 3.63) is 53.1 Å². The minimum Gasteiger partial charge on any atom is -0.478 e. The number of anilines is 1. The number of rotatable bonds is 3. The number of carbonyl (C=O) groups is 2. The number of amides is 1. The van der Waals surface area contributed by atoms with Gasteiger partial charge in [0.05, 0.1) is 12.0 Å². The number of aromatic carboxylic acids is 1. The van der Waals surface area contributed by atoms with Gasteiger partial charge in [0.25, 0.3) is 0 Å². The van der Waals surface area contributed by atoms with Crippen molar-refractivity contribution in [1.29, 1.82) is 0 Å². The maximum atomic E-state index is 13.3. The van der Waals surface area contributed by atoms with Crippen LogP contribution in [0.1, 0.15) is 53.6 Å². The van der Waals surface area contributed by atoms with E-state index in [1.165, 1.54) is 6.42 Å². The third-order valence-corrected chi connectivity index (χ3v) is 6.47. The number of carbonyl (C=O) groups excluding carboxylic acids is 1. The van der Waals surface area contributed by atoms with Crippen LogP contribution in [0.25, 0.3) is 0 Å². The normalized spacial score (nSPS) is 18.7. The van der Waals surface area contributed by atoms with Gasteiger partial charge in [-0.15, -0.1) is 0 Å². The van der Waals surface area contributed by atoms with Crippen molar-refractivity contribution in [2.45, 2.75) is 43.9 Å². The first-order valence-corrected chi connectivity index (χ1v) is 10.1. The molecule has 0 atom stereocenters. The molecule has 3 aliphatic rings. The number of fused-ring (bicyclic) bond motifs is 3. The van der Waals surface area contributed by atoms with Gasteiger partial charge in [-0.3, -0.25) is 4.79 Å². The van der Waals surface area contributed by atoms with E-state index in [9.17, 15) is 14.7 Å². The Morgan fingerprint density at radius 1 is 1.00 bits per heavy atom. The second-order valence-corrected chi connectivity index (χ2v) is 8.22. The predicted octanol–water partition coefficient (Wildman–Crippen LogP) is 3.90. The number of benzene rings is 2. The maximum Gasteiger partial charge on any atom is 0.335 e. The van der Waals surface area contributed by atoms with Crippen LogP contribution in [0.15, 0.2) is 36.4 Å². The van der Waals surface area contributed by atoms with Crippen LogP contribution in [0.2, 0.25) is 0 Å². The van der Waals surface area contributed by atoms with E-state index >= 15 is 0 Å². The predicted molar refractivity (Wildman–Crippen MR) is 107 cm³/mol. The van der Waals surface area contributed by atoms with Crippen LogP contribution in [0.5, 0.6) is 11.5 Å². The molecule has 1 saturated carbocycles. The lowest BCUT2D eigenvalue weighted by Crippen LogP contribution is -2.39. The summed E-state index contributed by atoms with van der Waals surface area (Å²) in [6.45, 7) is 0.843. The summed E-state index contributed by atoms with van der Waals surface area (Å²) < 4.78 is 10.8. The molecule has 6 heteroatoms. The molecule has 2 aromatic rings. The van der Waals surface area contributed by atoms with Gasteiger partial charge >= 0.3 is 5.97 Å². The van der Waals surface area contributed by atoms with Crippen molar-refractivity contribution in [2.24, 2.45) is 0 Å². The van der Waals surface area contributed by atoms with Crippen molar-refractivity contribution in [2.75, 3.05) is 18.2 Å².